The first-order chi connectivity index (χ1) is 47.6. The van der Waals surface area contributed by atoms with Gasteiger partial charge in [-0.25, -0.2) is 62.7 Å². The number of halogens is 15. The van der Waals surface area contributed by atoms with Crippen LogP contribution in [0.2, 0.25) is 0 Å². The molecule has 534 valence electrons. The summed E-state index contributed by atoms with van der Waals surface area (Å²) < 4.78 is 183. The average molecular weight is 1410 g/mol. The first kappa shape index (κ1) is 88.3. The predicted molar refractivity (Wildman–Crippen MR) is 372 cm³/mol. The molecule has 0 spiro atoms. The molecular weight excluding hydrogens is 1330 g/mol. The summed E-state index contributed by atoms with van der Waals surface area (Å²) in [6.45, 7) is 23.2. The monoisotopic (exact) mass is 1410 g/mol. The number of hydrogen-bond donors (Lipinski definition) is 0. The number of aromatic nitrogens is 5. The van der Waals surface area contributed by atoms with Crippen LogP contribution in [0, 0.1) is 160 Å². The zero-order valence-electron chi connectivity index (χ0n) is 58.1. The highest BCUT2D eigenvalue weighted by Gasteiger charge is 2.30. The Bertz CT molecular complexity index is 3880. The molecule has 0 unspecified atom stereocenters. The number of aryl methyl sites for hydroxylation is 11. The standard InChI is InChI=1S/C8H7F3.C8H10.C7H5F3.4C7H6F2.C7H7F.3C6H7N.C5H6N2/c1-6-3-2-4-7(5-6)8(9,10)11;1-7-4-3-5-8(2)6-7;1-4-6(9)2-5(8)3-7(4)10;1-5-4-6(8)2-3-7(5)9;1-5-2-3-6(8)4-7(5)9;1-5-2-3-6(8)7(9)4-5;1-5-6(8)3-2-4-7(5)9;1-6-2-4-7(8)5-3-6;1-6-2-4-7-5-3-6;1-6-3-2-4-7-5-6;1-6-4-2-3-5-7-6;1-5-6-3-2-4-7-5/h2-5H,1H3;3-6H,1-2H3;2-3H,1H3;4*2-4H,1H3;2-5H,1H3;3*2-5H,1H3;2-4H,1H3. The van der Waals surface area contributed by atoms with Crippen LogP contribution in [-0.4, -0.2) is 24.9 Å². The molecule has 0 saturated heterocycles. The third-order valence-corrected chi connectivity index (χ3v) is 12.5. The molecular formula is C81H80F15N5. The van der Waals surface area contributed by atoms with E-state index in [2.05, 4.69) is 63.0 Å². The van der Waals surface area contributed by atoms with Crippen molar-refractivity contribution in [3.63, 3.8) is 0 Å². The van der Waals surface area contributed by atoms with Crippen LogP contribution in [0.15, 0.2) is 250 Å². The molecule has 20 heteroatoms. The highest BCUT2D eigenvalue weighted by Crippen LogP contribution is 2.29. The predicted octanol–water partition coefficient (Wildman–Crippen LogP) is 23.9. The number of nitrogens with zero attached hydrogens (tertiary/aromatic N) is 5. The highest BCUT2D eigenvalue weighted by atomic mass is 19.4. The van der Waals surface area contributed by atoms with Gasteiger partial charge in [-0.3, -0.25) is 15.0 Å². The van der Waals surface area contributed by atoms with Crippen LogP contribution in [0.5, 0.6) is 0 Å². The largest absolute Gasteiger partial charge is 0.416 e. The number of rotatable bonds is 0. The van der Waals surface area contributed by atoms with E-state index in [1.165, 1.54) is 97.6 Å². The molecule has 12 rings (SSSR count). The highest BCUT2D eigenvalue weighted by molar-refractivity contribution is 5.25. The Hall–Kier alpha value is -10.8. The molecule has 4 heterocycles. The number of pyridine rings is 3. The molecule has 12 aromatic rings. The van der Waals surface area contributed by atoms with Gasteiger partial charge in [0.05, 0.1) is 5.56 Å². The molecule has 0 amide bonds. The van der Waals surface area contributed by atoms with Crippen LogP contribution in [-0.2, 0) is 6.18 Å². The summed E-state index contributed by atoms with van der Waals surface area (Å²) in [5.41, 5.74) is 8.82. The SMILES string of the molecule is Cc1c(F)cc(F)cc1F.Cc1c(F)cccc1F.Cc1cc(F)ccc1F.Cc1ccc(F)c(F)c1.Cc1ccc(F)cc1.Cc1ccc(F)cc1F.Cc1cccc(C(F)(F)F)c1.Cc1cccc(C)c1.Cc1ccccn1.Cc1cccnc1.Cc1ccncc1.Cc1ncccn1. The maximum Gasteiger partial charge on any atom is 0.416 e. The molecule has 0 aliphatic carbocycles. The number of benzene rings is 8. The minimum atomic E-state index is -4.22. The molecule has 101 heavy (non-hydrogen) atoms. The van der Waals surface area contributed by atoms with Crippen LogP contribution in [0.3, 0.4) is 0 Å². The van der Waals surface area contributed by atoms with Gasteiger partial charge in [-0.1, -0.05) is 107 Å². The van der Waals surface area contributed by atoms with Gasteiger partial charge in [-0.2, -0.15) is 13.2 Å². The molecule has 0 bridgehead atoms. The normalized spacial score (nSPS) is 9.58. The van der Waals surface area contributed by atoms with Gasteiger partial charge >= 0.3 is 6.18 Å². The lowest BCUT2D eigenvalue weighted by Gasteiger charge is -2.05. The van der Waals surface area contributed by atoms with Gasteiger partial charge in [0.1, 0.15) is 64.0 Å². The molecule has 0 atom stereocenters. The smallest absolute Gasteiger partial charge is 0.265 e. The van der Waals surface area contributed by atoms with Gasteiger partial charge in [0.15, 0.2) is 11.6 Å². The van der Waals surface area contributed by atoms with Gasteiger partial charge in [-0.05, 0) is 221 Å². The van der Waals surface area contributed by atoms with Gasteiger partial charge in [-0.15, -0.1) is 0 Å². The minimum Gasteiger partial charge on any atom is -0.265 e. The Balaban J connectivity index is 0.000000552. The van der Waals surface area contributed by atoms with E-state index >= 15 is 0 Å². The van der Waals surface area contributed by atoms with Crippen molar-refractivity contribution in [3.8, 4) is 0 Å². The van der Waals surface area contributed by atoms with Crippen molar-refractivity contribution in [3.05, 3.63) is 398 Å². The molecule has 0 radical (unpaired) electrons. The Morgan fingerprint density at radius 1 is 0.248 bits per heavy atom. The fourth-order valence-corrected chi connectivity index (χ4v) is 6.83. The quantitative estimate of drug-likeness (QED) is 0.142. The van der Waals surface area contributed by atoms with Crippen molar-refractivity contribution >= 4 is 0 Å². The summed E-state index contributed by atoms with van der Waals surface area (Å²) in [5.74, 6) is -6.27. The van der Waals surface area contributed by atoms with Crippen molar-refractivity contribution in [2.24, 2.45) is 0 Å². The summed E-state index contributed by atoms with van der Waals surface area (Å²) in [6, 6.07) is 51.4. The van der Waals surface area contributed by atoms with E-state index in [1.54, 1.807) is 82.2 Å². The molecule has 0 saturated carbocycles. The maximum atomic E-state index is 12.4. The van der Waals surface area contributed by atoms with Crippen molar-refractivity contribution < 1.29 is 65.9 Å². The summed E-state index contributed by atoms with van der Waals surface area (Å²) in [6.07, 6.45) is 8.20. The molecule has 0 N–H and O–H groups in total. The van der Waals surface area contributed by atoms with Crippen LogP contribution >= 0.6 is 0 Å². The maximum absolute atomic E-state index is 12.4. The lowest BCUT2D eigenvalue weighted by atomic mass is 10.1. The Labute approximate surface area is 582 Å². The zero-order chi connectivity index (χ0) is 76.0. The third-order valence-electron chi connectivity index (χ3n) is 12.5. The molecule has 8 aromatic carbocycles. The van der Waals surface area contributed by atoms with Gasteiger partial charge < -0.3 is 0 Å². The number of hydrogen-bond acceptors (Lipinski definition) is 5. The van der Waals surface area contributed by atoms with Gasteiger partial charge in [0.2, 0.25) is 0 Å². The lowest BCUT2D eigenvalue weighted by Crippen LogP contribution is -2.04. The Morgan fingerprint density at radius 2 is 0.703 bits per heavy atom. The fraction of sp³-hybridized carbons (Fsp3) is 0.173. The van der Waals surface area contributed by atoms with E-state index in [0.29, 0.717) is 28.8 Å². The van der Waals surface area contributed by atoms with E-state index in [9.17, 15) is 65.9 Å². The van der Waals surface area contributed by atoms with Crippen LogP contribution in [0.4, 0.5) is 65.9 Å². The van der Waals surface area contributed by atoms with Crippen LogP contribution in [0.25, 0.3) is 0 Å². The summed E-state index contributed by atoms with van der Waals surface area (Å²) in [4.78, 5) is 19.4. The molecule has 0 aliphatic rings. The van der Waals surface area contributed by atoms with Crippen molar-refractivity contribution in [2.75, 3.05) is 0 Å². The fourth-order valence-electron chi connectivity index (χ4n) is 6.83. The van der Waals surface area contributed by atoms with Crippen LogP contribution < -0.4 is 0 Å². The second kappa shape index (κ2) is 48.9. The van der Waals surface area contributed by atoms with E-state index < -0.39 is 69.9 Å². The first-order valence-corrected chi connectivity index (χ1v) is 30.6. The van der Waals surface area contributed by atoms with Crippen molar-refractivity contribution in [1.82, 2.24) is 24.9 Å². The van der Waals surface area contributed by atoms with Crippen molar-refractivity contribution in [2.45, 2.75) is 96.2 Å². The number of alkyl halides is 3. The topological polar surface area (TPSA) is 64.5 Å². The Kier molecular flexibility index (Phi) is 42.7. The second-order valence-electron chi connectivity index (χ2n) is 21.7. The van der Waals surface area contributed by atoms with E-state index in [-0.39, 0.29) is 22.8 Å². The van der Waals surface area contributed by atoms with E-state index in [4.69, 9.17) is 0 Å². The Morgan fingerprint density at radius 3 is 1.05 bits per heavy atom. The first-order valence-electron chi connectivity index (χ1n) is 30.6. The lowest BCUT2D eigenvalue weighted by molar-refractivity contribution is -0.137. The second-order valence-corrected chi connectivity index (χ2v) is 21.7. The minimum absolute atomic E-state index is 0.0810. The molecule has 0 aliphatic heterocycles. The van der Waals surface area contributed by atoms with Gasteiger partial charge in [0, 0.05) is 78.4 Å². The molecule has 0 fully saturated rings. The molecule has 5 nitrogen and oxygen atoms in total. The van der Waals surface area contributed by atoms with Crippen LogP contribution in [0.1, 0.15) is 78.3 Å². The van der Waals surface area contributed by atoms with Crippen molar-refractivity contribution in [1.29, 1.82) is 0 Å². The van der Waals surface area contributed by atoms with E-state index in [1.807, 2.05) is 83.3 Å². The van der Waals surface area contributed by atoms with Gasteiger partial charge in [0.25, 0.3) is 0 Å². The summed E-state index contributed by atoms with van der Waals surface area (Å²) in [5, 5.41) is 0. The summed E-state index contributed by atoms with van der Waals surface area (Å²) in [7, 11) is 0. The van der Waals surface area contributed by atoms with E-state index in [0.717, 1.165) is 71.2 Å². The third kappa shape index (κ3) is 42.6. The summed E-state index contributed by atoms with van der Waals surface area (Å²) >= 11 is 0. The average Bonchev–Trinajstić information content (AvgIpc) is 0.892. The molecule has 4 aromatic heterocycles. The zero-order valence-corrected chi connectivity index (χ0v) is 58.1.